The summed E-state index contributed by atoms with van der Waals surface area (Å²) in [4.78, 5) is 10.6. The molecule has 0 aliphatic rings. The molecule has 0 aromatic rings. The van der Waals surface area contributed by atoms with Crippen LogP contribution in [0.4, 0.5) is 0 Å². The van der Waals surface area contributed by atoms with E-state index in [1.807, 2.05) is 0 Å². The number of hydrogen-bond acceptors (Lipinski definition) is 2. The molecule has 0 unspecified atom stereocenters. The fourth-order valence-corrected chi connectivity index (χ4v) is 0.425. The second-order valence-electron chi connectivity index (χ2n) is 1.63. The monoisotopic (exact) mass is 128 g/mol. The van der Waals surface area contributed by atoms with Crippen molar-refractivity contribution in [2.45, 2.75) is 6.42 Å². The fourth-order valence-electron chi connectivity index (χ4n) is 0.425. The van der Waals surface area contributed by atoms with Gasteiger partial charge >= 0.3 is 0 Å². The van der Waals surface area contributed by atoms with Crippen LogP contribution in [0, 0.1) is 0 Å². The molecule has 0 bridgehead atoms. The molecule has 9 heavy (non-hydrogen) atoms. The molecule has 0 spiro atoms. The highest BCUT2D eigenvalue weighted by Gasteiger charge is 1.93. The number of amides is 1. The molecule has 0 aromatic heterocycles. The Morgan fingerprint density at radius 2 is 2.44 bits per heavy atom. The first-order valence-corrected chi connectivity index (χ1v) is 2.86. The SMILES string of the molecule is C=CNC(=O)CCNC. The van der Waals surface area contributed by atoms with Gasteiger partial charge in [0.05, 0.1) is 0 Å². The maximum atomic E-state index is 10.6. The fraction of sp³-hybridized carbons (Fsp3) is 0.500. The van der Waals surface area contributed by atoms with E-state index >= 15 is 0 Å². The predicted octanol–water partition coefficient (Wildman–Crippen LogP) is -0.144. The molecule has 3 heteroatoms. The highest BCUT2D eigenvalue weighted by molar-refractivity contribution is 5.76. The third-order valence-corrected chi connectivity index (χ3v) is 0.865. The third-order valence-electron chi connectivity index (χ3n) is 0.865. The molecule has 0 rings (SSSR count). The van der Waals surface area contributed by atoms with Crippen LogP contribution in [0.5, 0.6) is 0 Å². The zero-order valence-electron chi connectivity index (χ0n) is 5.61. The molecule has 52 valence electrons. The quantitative estimate of drug-likeness (QED) is 0.553. The van der Waals surface area contributed by atoms with E-state index in [4.69, 9.17) is 0 Å². The van der Waals surface area contributed by atoms with Crippen LogP contribution < -0.4 is 10.6 Å². The predicted molar refractivity (Wildman–Crippen MR) is 36.9 cm³/mol. The molecule has 0 saturated carbocycles. The highest BCUT2D eigenvalue weighted by atomic mass is 16.1. The molecule has 0 atom stereocenters. The van der Waals surface area contributed by atoms with Crippen molar-refractivity contribution in [1.82, 2.24) is 10.6 Å². The summed E-state index contributed by atoms with van der Waals surface area (Å²) >= 11 is 0. The Kier molecular flexibility index (Phi) is 4.82. The molecule has 0 aliphatic heterocycles. The molecular weight excluding hydrogens is 116 g/mol. The van der Waals surface area contributed by atoms with Crippen molar-refractivity contribution in [1.29, 1.82) is 0 Å². The summed E-state index contributed by atoms with van der Waals surface area (Å²) in [6.07, 6.45) is 1.89. The normalized spacial score (nSPS) is 8.56. The largest absolute Gasteiger partial charge is 0.333 e. The number of hydrogen-bond donors (Lipinski definition) is 2. The molecular formula is C6H12N2O. The lowest BCUT2D eigenvalue weighted by Gasteiger charge is -1.96. The lowest BCUT2D eigenvalue weighted by Crippen LogP contribution is -2.21. The van der Waals surface area contributed by atoms with Crippen LogP contribution in [0.15, 0.2) is 12.8 Å². The standard InChI is InChI=1S/C6H12N2O/c1-3-8-6(9)4-5-7-2/h3,7H,1,4-5H2,2H3,(H,8,9). The number of nitrogens with one attached hydrogen (secondary N) is 2. The molecule has 1 amide bonds. The van der Waals surface area contributed by atoms with Crippen molar-refractivity contribution in [2.75, 3.05) is 13.6 Å². The van der Waals surface area contributed by atoms with Crippen LogP contribution in [-0.2, 0) is 4.79 Å². The molecule has 0 radical (unpaired) electrons. The van der Waals surface area contributed by atoms with E-state index in [1.165, 1.54) is 6.20 Å². The van der Waals surface area contributed by atoms with Gasteiger partial charge in [-0.25, -0.2) is 0 Å². The van der Waals surface area contributed by atoms with Gasteiger partial charge < -0.3 is 10.6 Å². The summed E-state index contributed by atoms with van der Waals surface area (Å²) in [5, 5.41) is 5.33. The first kappa shape index (κ1) is 8.17. The van der Waals surface area contributed by atoms with Gasteiger partial charge in [-0.15, -0.1) is 0 Å². The first-order chi connectivity index (χ1) is 4.31. The van der Waals surface area contributed by atoms with E-state index in [1.54, 1.807) is 7.05 Å². The van der Waals surface area contributed by atoms with Gasteiger partial charge in [-0.05, 0) is 13.2 Å². The minimum Gasteiger partial charge on any atom is -0.333 e. The maximum Gasteiger partial charge on any atom is 0.225 e. The summed E-state index contributed by atoms with van der Waals surface area (Å²) in [5.74, 6) is -0.000602. The molecule has 0 saturated heterocycles. The number of carbonyl (C=O) groups is 1. The zero-order valence-corrected chi connectivity index (χ0v) is 5.61. The summed E-state index contributed by atoms with van der Waals surface area (Å²) in [6, 6.07) is 0. The Balaban J connectivity index is 3.16. The van der Waals surface area contributed by atoms with Crippen LogP contribution in [0.25, 0.3) is 0 Å². The van der Waals surface area contributed by atoms with Gasteiger partial charge in [0.2, 0.25) is 5.91 Å². The molecule has 0 fully saturated rings. The summed E-state index contributed by atoms with van der Waals surface area (Å²) in [7, 11) is 1.81. The van der Waals surface area contributed by atoms with Crippen molar-refractivity contribution in [3.63, 3.8) is 0 Å². The topological polar surface area (TPSA) is 41.1 Å². The third kappa shape index (κ3) is 5.03. The van der Waals surface area contributed by atoms with E-state index in [-0.39, 0.29) is 5.91 Å². The van der Waals surface area contributed by atoms with E-state index in [2.05, 4.69) is 17.2 Å². The van der Waals surface area contributed by atoms with Gasteiger partial charge in [0, 0.05) is 13.0 Å². The minimum absolute atomic E-state index is 0.000602. The van der Waals surface area contributed by atoms with Gasteiger partial charge in [0.25, 0.3) is 0 Å². The van der Waals surface area contributed by atoms with Crippen molar-refractivity contribution >= 4 is 5.91 Å². The Bertz CT molecular complexity index is 101. The summed E-state index contributed by atoms with van der Waals surface area (Å²) in [6.45, 7) is 4.06. The lowest BCUT2D eigenvalue weighted by atomic mass is 10.4. The molecule has 0 aliphatic carbocycles. The average Bonchev–Trinajstić information content (AvgIpc) is 1.85. The second-order valence-corrected chi connectivity index (χ2v) is 1.63. The van der Waals surface area contributed by atoms with Crippen LogP contribution >= 0.6 is 0 Å². The van der Waals surface area contributed by atoms with Crippen molar-refractivity contribution in [2.24, 2.45) is 0 Å². The van der Waals surface area contributed by atoms with E-state index in [9.17, 15) is 4.79 Å². The van der Waals surface area contributed by atoms with Gasteiger partial charge in [0.15, 0.2) is 0 Å². The van der Waals surface area contributed by atoms with Crippen LogP contribution in [0.2, 0.25) is 0 Å². The van der Waals surface area contributed by atoms with Crippen LogP contribution in [-0.4, -0.2) is 19.5 Å². The van der Waals surface area contributed by atoms with Gasteiger partial charge in [-0.3, -0.25) is 4.79 Å². The number of carbonyl (C=O) groups excluding carboxylic acids is 1. The second kappa shape index (κ2) is 5.31. The van der Waals surface area contributed by atoms with Gasteiger partial charge in [-0.2, -0.15) is 0 Å². The minimum atomic E-state index is -0.000602. The Morgan fingerprint density at radius 3 is 2.89 bits per heavy atom. The summed E-state index contributed by atoms with van der Waals surface area (Å²) < 4.78 is 0. The maximum absolute atomic E-state index is 10.6. The Morgan fingerprint density at radius 1 is 1.78 bits per heavy atom. The van der Waals surface area contributed by atoms with E-state index in [0.717, 1.165) is 0 Å². The highest BCUT2D eigenvalue weighted by Crippen LogP contribution is 1.74. The van der Waals surface area contributed by atoms with Crippen molar-refractivity contribution in [3.8, 4) is 0 Å². The molecule has 3 nitrogen and oxygen atoms in total. The van der Waals surface area contributed by atoms with Crippen molar-refractivity contribution in [3.05, 3.63) is 12.8 Å². The summed E-state index contributed by atoms with van der Waals surface area (Å²) in [5.41, 5.74) is 0. The lowest BCUT2D eigenvalue weighted by molar-refractivity contribution is -0.120. The smallest absolute Gasteiger partial charge is 0.225 e. The Hall–Kier alpha value is -0.830. The van der Waals surface area contributed by atoms with E-state index in [0.29, 0.717) is 13.0 Å². The zero-order chi connectivity index (χ0) is 7.11. The van der Waals surface area contributed by atoms with Crippen LogP contribution in [0.3, 0.4) is 0 Å². The van der Waals surface area contributed by atoms with Gasteiger partial charge in [-0.1, -0.05) is 6.58 Å². The molecule has 2 N–H and O–H groups in total. The van der Waals surface area contributed by atoms with E-state index < -0.39 is 0 Å². The first-order valence-electron chi connectivity index (χ1n) is 2.86. The molecule has 0 aromatic carbocycles. The molecule has 0 heterocycles. The van der Waals surface area contributed by atoms with Crippen molar-refractivity contribution < 1.29 is 4.79 Å². The Labute approximate surface area is 55.1 Å². The number of rotatable bonds is 4. The van der Waals surface area contributed by atoms with Gasteiger partial charge in [0.1, 0.15) is 0 Å². The average molecular weight is 128 g/mol. The van der Waals surface area contributed by atoms with Crippen LogP contribution in [0.1, 0.15) is 6.42 Å².